The quantitative estimate of drug-likeness (QED) is 0.785. The Labute approximate surface area is 135 Å². The van der Waals surface area contributed by atoms with Crippen molar-refractivity contribution in [3.05, 3.63) is 23.8 Å². The number of ether oxygens (including phenoxy) is 4. The van der Waals surface area contributed by atoms with Crippen molar-refractivity contribution in [2.24, 2.45) is 0 Å². The number of nitrogens with zero attached hydrogens (tertiary/aromatic N) is 1. The van der Waals surface area contributed by atoms with Crippen molar-refractivity contribution in [3.63, 3.8) is 0 Å². The molecule has 6 nitrogen and oxygen atoms in total. The molecule has 0 spiro atoms. The lowest BCUT2D eigenvalue weighted by Gasteiger charge is -2.34. The topological polar surface area (TPSA) is 57.2 Å². The summed E-state index contributed by atoms with van der Waals surface area (Å²) in [4.78, 5) is 14.0. The molecule has 122 valence electrons. The first-order valence-electron chi connectivity index (χ1n) is 7.06. The van der Waals surface area contributed by atoms with Gasteiger partial charge in [0.25, 0.3) is 0 Å². The summed E-state index contributed by atoms with van der Waals surface area (Å²) in [6.45, 7) is 3.22. The molecule has 1 unspecified atom stereocenters. The summed E-state index contributed by atoms with van der Waals surface area (Å²) in [6, 6.07) is 5.79. The average molecular weight is 330 g/mol. The van der Waals surface area contributed by atoms with Crippen LogP contribution in [0.4, 0.5) is 0 Å². The van der Waals surface area contributed by atoms with Gasteiger partial charge in [-0.15, -0.1) is 12.4 Å². The number of esters is 1. The maximum absolute atomic E-state index is 11.7. The molecule has 7 heteroatoms. The molecule has 0 aromatic heterocycles. The van der Waals surface area contributed by atoms with Crippen LogP contribution >= 0.6 is 12.4 Å². The molecule has 1 aromatic carbocycles. The smallest absolute Gasteiger partial charge is 0.307 e. The number of carbonyl (C=O) groups excluding carboxylic acids is 1. The van der Waals surface area contributed by atoms with Gasteiger partial charge in [0.05, 0.1) is 26.7 Å². The van der Waals surface area contributed by atoms with Crippen LogP contribution < -0.4 is 9.47 Å². The van der Waals surface area contributed by atoms with E-state index in [1.165, 1.54) is 7.11 Å². The Morgan fingerprint density at radius 1 is 1.27 bits per heavy atom. The van der Waals surface area contributed by atoms with Crippen LogP contribution in [0.5, 0.6) is 11.5 Å². The first-order valence-corrected chi connectivity index (χ1v) is 7.06. The Morgan fingerprint density at radius 2 is 2.00 bits per heavy atom. The van der Waals surface area contributed by atoms with E-state index in [1.807, 2.05) is 18.2 Å². The fraction of sp³-hybridized carbons (Fsp3) is 0.533. The summed E-state index contributed by atoms with van der Waals surface area (Å²) in [5, 5.41) is 0. The number of methoxy groups -OCH3 is 1. The van der Waals surface area contributed by atoms with E-state index in [0.29, 0.717) is 19.6 Å². The number of rotatable bonds is 4. The molecule has 0 bridgehead atoms. The van der Waals surface area contributed by atoms with Crippen LogP contribution in [-0.2, 0) is 14.3 Å². The second-order valence-electron chi connectivity index (χ2n) is 5.06. The molecular weight excluding hydrogens is 310 g/mol. The predicted octanol–water partition coefficient (Wildman–Crippen LogP) is 1.77. The zero-order chi connectivity index (χ0) is 14.7. The number of morpholine rings is 1. The minimum atomic E-state index is -0.218. The SMILES string of the molecule is COC(=O)CC(c1ccc2c(c1)OCO2)N1CCOCC1.Cl. The highest BCUT2D eigenvalue weighted by molar-refractivity contribution is 5.85. The zero-order valence-electron chi connectivity index (χ0n) is 12.4. The molecule has 0 radical (unpaired) electrons. The first-order chi connectivity index (χ1) is 10.3. The van der Waals surface area contributed by atoms with Gasteiger partial charge < -0.3 is 18.9 Å². The van der Waals surface area contributed by atoms with Gasteiger partial charge in [0, 0.05) is 19.1 Å². The number of benzene rings is 1. The average Bonchev–Trinajstić information content (AvgIpc) is 3.00. The Balaban J connectivity index is 0.00000176. The molecule has 3 rings (SSSR count). The summed E-state index contributed by atoms with van der Waals surface area (Å²) in [5.74, 6) is 1.26. The molecule has 0 aliphatic carbocycles. The Morgan fingerprint density at radius 3 is 2.73 bits per heavy atom. The summed E-state index contributed by atoms with van der Waals surface area (Å²) < 4.78 is 21.0. The minimum Gasteiger partial charge on any atom is -0.469 e. The van der Waals surface area contributed by atoms with Gasteiger partial charge >= 0.3 is 5.97 Å². The van der Waals surface area contributed by atoms with Gasteiger partial charge in [0.2, 0.25) is 6.79 Å². The molecular formula is C15H20ClNO5. The van der Waals surface area contributed by atoms with Gasteiger partial charge in [-0.3, -0.25) is 9.69 Å². The van der Waals surface area contributed by atoms with Crippen LogP contribution in [0.15, 0.2) is 18.2 Å². The Kier molecular flexibility index (Phi) is 5.88. The highest BCUT2D eigenvalue weighted by Gasteiger charge is 2.27. The minimum absolute atomic E-state index is 0. The Bertz CT molecular complexity index is 519. The van der Waals surface area contributed by atoms with E-state index in [4.69, 9.17) is 18.9 Å². The first kappa shape index (κ1) is 16.9. The van der Waals surface area contributed by atoms with Crippen molar-refractivity contribution in [3.8, 4) is 11.5 Å². The van der Waals surface area contributed by atoms with E-state index in [1.54, 1.807) is 0 Å². The lowest BCUT2D eigenvalue weighted by atomic mass is 10.0. The Hall–Kier alpha value is -1.50. The van der Waals surface area contributed by atoms with Gasteiger partial charge in [0.15, 0.2) is 11.5 Å². The van der Waals surface area contributed by atoms with E-state index < -0.39 is 0 Å². The molecule has 1 fully saturated rings. The largest absolute Gasteiger partial charge is 0.469 e. The normalized spacial score (nSPS) is 18.4. The van der Waals surface area contributed by atoms with Crippen LogP contribution in [0.25, 0.3) is 0 Å². The monoisotopic (exact) mass is 329 g/mol. The maximum atomic E-state index is 11.7. The highest BCUT2D eigenvalue weighted by Crippen LogP contribution is 2.36. The molecule has 22 heavy (non-hydrogen) atoms. The molecule has 2 aliphatic rings. The molecule has 0 amide bonds. The fourth-order valence-electron chi connectivity index (χ4n) is 2.71. The summed E-state index contributed by atoms with van der Waals surface area (Å²) in [5.41, 5.74) is 1.03. The van der Waals surface area contributed by atoms with E-state index in [0.717, 1.165) is 30.2 Å². The van der Waals surface area contributed by atoms with Gasteiger partial charge in [-0.2, -0.15) is 0 Å². The molecule has 2 aliphatic heterocycles. The molecule has 0 N–H and O–H groups in total. The van der Waals surface area contributed by atoms with Gasteiger partial charge in [0.1, 0.15) is 0 Å². The summed E-state index contributed by atoms with van der Waals surface area (Å²) >= 11 is 0. The van der Waals surface area contributed by atoms with E-state index >= 15 is 0 Å². The van der Waals surface area contributed by atoms with Crippen molar-refractivity contribution < 1.29 is 23.7 Å². The van der Waals surface area contributed by atoms with Gasteiger partial charge in [-0.05, 0) is 17.7 Å². The second kappa shape index (κ2) is 7.67. The van der Waals surface area contributed by atoms with Crippen molar-refractivity contribution in [1.82, 2.24) is 4.90 Å². The van der Waals surface area contributed by atoms with Crippen LogP contribution in [-0.4, -0.2) is 51.1 Å². The van der Waals surface area contributed by atoms with Crippen LogP contribution in [0.2, 0.25) is 0 Å². The van der Waals surface area contributed by atoms with Gasteiger partial charge in [-0.25, -0.2) is 0 Å². The number of hydrogen-bond donors (Lipinski definition) is 0. The summed E-state index contributed by atoms with van der Waals surface area (Å²) in [6.07, 6.45) is 0.316. The van der Waals surface area contributed by atoms with E-state index in [-0.39, 0.29) is 31.2 Å². The van der Waals surface area contributed by atoms with Crippen LogP contribution in [0, 0.1) is 0 Å². The number of hydrogen-bond acceptors (Lipinski definition) is 6. The third kappa shape index (κ3) is 3.63. The predicted molar refractivity (Wildman–Crippen MR) is 81.6 cm³/mol. The van der Waals surface area contributed by atoms with Gasteiger partial charge in [-0.1, -0.05) is 6.07 Å². The van der Waals surface area contributed by atoms with Crippen LogP contribution in [0.3, 0.4) is 0 Å². The summed E-state index contributed by atoms with van der Waals surface area (Å²) in [7, 11) is 1.42. The molecule has 0 saturated carbocycles. The van der Waals surface area contributed by atoms with Crippen molar-refractivity contribution in [2.45, 2.75) is 12.5 Å². The second-order valence-corrected chi connectivity index (χ2v) is 5.06. The highest BCUT2D eigenvalue weighted by atomic mass is 35.5. The molecule has 1 saturated heterocycles. The van der Waals surface area contributed by atoms with Crippen LogP contribution in [0.1, 0.15) is 18.0 Å². The standard InChI is InChI=1S/C15H19NO5.ClH/c1-18-15(17)9-12(16-4-6-19-7-5-16)11-2-3-13-14(8-11)21-10-20-13;/h2-3,8,12H,4-7,9-10H2,1H3;1H. The maximum Gasteiger partial charge on any atom is 0.307 e. The number of carbonyl (C=O) groups is 1. The third-order valence-electron chi connectivity index (χ3n) is 3.86. The lowest BCUT2D eigenvalue weighted by Crippen LogP contribution is -2.40. The van der Waals surface area contributed by atoms with Crippen molar-refractivity contribution in [1.29, 1.82) is 0 Å². The van der Waals surface area contributed by atoms with Crippen molar-refractivity contribution >= 4 is 18.4 Å². The van der Waals surface area contributed by atoms with Crippen molar-refractivity contribution in [2.75, 3.05) is 40.2 Å². The van der Waals surface area contributed by atoms with E-state index in [9.17, 15) is 4.79 Å². The molecule has 1 atom stereocenters. The third-order valence-corrected chi connectivity index (χ3v) is 3.86. The fourth-order valence-corrected chi connectivity index (χ4v) is 2.71. The molecule has 2 heterocycles. The lowest BCUT2D eigenvalue weighted by molar-refractivity contribution is -0.142. The molecule has 1 aromatic rings. The zero-order valence-corrected chi connectivity index (χ0v) is 13.3. The van der Waals surface area contributed by atoms with E-state index in [2.05, 4.69) is 4.90 Å². The number of fused-ring (bicyclic) bond motifs is 1. The number of halogens is 1.